The Kier molecular flexibility index (Phi) is 2.67. The van der Waals surface area contributed by atoms with Crippen molar-refractivity contribution in [2.75, 3.05) is 12.4 Å². The number of rotatable bonds is 3. The van der Waals surface area contributed by atoms with E-state index in [0.717, 1.165) is 28.3 Å². The lowest BCUT2D eigenvalue weighted by molar-refractivity contribution is 0.665. The smallest absolute Gasteiger partial charge is 0.224 e. The van der Waals surface area contributed by atoms with Gasteiger partial charge in [-0.2, -0.15) is 5.10 Å². The van der Waals surface area contributed by atoms with Gasteiger partial charge in [-0.15, -0.1) is 11.3 Å². The first-order valence-electron chi connectivity index (χ1n) is 5.64. The first-order chi connectivity index (χ1) is 8.83. The molecule has 92 valence electrons. The minimum atomic E-state index is 0.602. The highest BCUT2D eigenvalue weighted by Gasteiger charge is 2.14. The molecule has 3 heterocycles. The average molecular weight is 260 g/mol. The lowest BCUT2D eigenvalue weighted by Gasteiger charge is -2.06. The Balaban J connectivity index is 2.30. The predicted molar refractivity (Wildman–Crippen MR) is 71.7 cm³/mol. The summed E-state index contributed by atoms with van der Waals surface area (Å²) in [6.07, 6.45) is 1.55. The lowest BCUT2D eigenvalue weighted by Crippen LogP contribution is -2.03. The van der Waals surface area contributed by atoms with Gasteiger partial charge in [-0.3, -0.25) is 0 Å². The van der Waals surface area contributed by atoms with E-state index in [1.54, 1.807) is 17.7 Å². The highest BCUT2D eigenvalue weighted by atomic mass is 32.1. The number of anilines is 1. The summed E-state index contributed by atoms with van der Waals surface area (Å²) < 4.78 is 1.83. The number of aryl methyl sites for hydroxylation is 1. The topological polar surface area (TPSA) is 68.5 Å². The molecule has 0 amide bonds. The number of hydrogen-bond acceptors (Lipinski definition) is 6. The number of fused-ring (bicyclic) bond motifs is 1. The summed E-state index contributed by atoms with van der Waals surface area (Å²) in [5, 5.41) is 10.2. The van der Waals surface area contributed by atoms with Gasteiger partial charge in [0.15, 0.2) is 5.82 Å². The molecular weight excluding hydrogens is 248 g/mol. The number of nitrogens with one attached hydrogen (secondary N) is 1. The maximum Gasteiger partial charge on any atom is 0.224 e. The van der Waals surface area contributed by atoms with Gasteiger partial charge in [0.25, 0.3) is 0 Å². The molecule has 7 heteroatoms. The average Bonchev–Trinajstić information content (AvgIpc) is 3.05. The zero-order valence-electron chi connectivity index (χ0n) is 10.1. The van der Waals surface area contributed by atoms with Crippen LogP contribution < -0.4 is 5.32 Å². The molecule has 18 heavy (non-hydrogen) atoms. The fourth-order valence-corrected chi connectivity index (χ4v) is 2.58. The van der Waals surface area contributed by atoms with E-state index in [1.807, 2.05) is 30.1 Å². The van der Waals surface area contributed by atoms with Gasteiger partial charge < -0.3 is 5.32 Å². The highest BCUT2D eigenvalue weighted by molar-refractivity contribution is 7.16. The molecule has 0 saturated heterocycles. The Labute approximate surface area is 108 Å². The Hall–Kier alpha value is -2.02. The molecule has 3 aromatic heterocycles. The Morgan fingerprint density at radius 3 is 3.06 bits per heavy atom. The zero-order valence-corrected chi connectivity index (χ0v) is 10.9. The van der Waals surface area contributed by atoms with Crippen molar-refractivity contribution < 1.29 is 0 Å². The Morgan fingerprint density at radius 2 is 2.28 bits per heavy atom. The van der Waals surface area contributed by atoms with E-state index in [4.69, 9.17) is 0 Å². The van der Waals surface area contributed by atoms with Crippen LogP contribution in [0.5, 0.6) is 0 Å². The summed E-state index contributed by atoms with van der Waals surface area (Å²) in [6, 6.07) is 2.02. The van der Waals surface area contributed by atoms with E-state index in [-0.39, 0.29) is 0 Å². The van der Waals surface area contributed by atoms with Gasteiger partial charge in [0.1, 0.15) is 16.9 Å². The maximum atomic E-state index is 4.50. The van der Waals surface area contributed by atoms with Crippen LogP contribution in [0.15, 0.2) is 17.8 Å². The highest BCUT2D eigenvalue weighted by Crippen LogP contribution is 2.28. The van der Waals surface area contributed by atoms with Crippen LogP contribution in [0.4, 0.5) is 5.95 Å². The molecule has 0 radical (unpaired) electrons. The second kappa shape index (κ2) is 4.34. The minimum Gasteiger partial charge on any atom is -0.357 e. The first kappa shape index (κ1) is 11.1. The van der Waals surface area contributed by atoms with Crippen molar-refractivity contribution in [1.29, 1.82) is 0 Å². The number of thiophene rings is 1. The van der Waals surface area contributed by atoms with Crippen molar-refractivity contribution in [2.45, 2.75) is 13.5 Å². The van der Waals surface area contributed by atoms with E-state index in [2.05, 4.69) is 25.4 Å². The van der Waals surface area contributed by atoms with Gasteiger partial charge in [0, 0.05) is 19.0 Å². The number of nitrogens with zero attached hydrogens (tertiary/aromatic N) is 5. The molecule has 1 N–H and O–H groups in total. The molecule has 0 atom stereocenters. The summed E-state index contributed by atoms with van der Waals surface area (Å²) in [6.45, 7) is 2.79. The summed E-state index contributed by atoms with van der Waals surface area (Å²) >= 11 is 1.59. The number of aromatic nitrogens is 5. The molecule has 3 rings (SSSR count). The minimum absolute atomic E-state index is 0.602. The fraction of sp³-hybridized carbons (Fsp3) is 0.273. The molecule has 0 spiro atoms. The van der Waals surface area contributed by atoms with E-state index >= 15 is 0 Å². The van der Waals surface area contributed by atoms with Gasteiger partial charge in [-0.05, 0) is 18.4 Å². The van der Waals surface area contributed by atoms with Crippen molar-refractivity contribution in [3.63, 3.8) is 0 Å². The summed E-state index contributed by atoms with van der Waals surface area (Å²) in [5.74, 6) is 1.38. The van der Waals surface area contributed by atoms with Crippen molar-refractivity contribution in [2.24, 2.45) is 0 Å². The summed E-state index contributed by atoms with van der Waals surface area (Å²) in [4.78, 5) is 14.2. The number of hydrogen-bond donors (Lipinski definition) is 1. The second-order valence-electron chi connectivity index (χ2n) is 3.68. The van der Waals surface area contributed by atoms with E-state index in [9.17, 15) is 0 Å². The SMILES string of the molecule is CCn1ncnc1-c1nc(NC)nc2sccc12. The normalized spacial score (nSPS) is 11.0. The third-order valence-electron chi connectivity index (χ3n) is 2.68. The molecule has 0 fully saturated rings. The summed E-state index contributed by atoms with van der Waals surface area (Å²) in [7, 11) is 1.81. The van der Waals surface area contributed by atoms with Crippen molar-refractivity contribution in [3.05, 3.63) is 17.8 Å². The monoisotopic (exact) mass is 260 g/mol. The van der Waals surface area contributed by atoms with Crippen LogP contribution in [-0.4, -0.2) is 31.8 Å². The predicted octanol–water partition coefficient (Wildman–Crippen LogP) is 2.01. The molecule has 0 aliphatic carbocycles. The molecule has 0 aromatic carbocycles. The van der Waals surface area contributed by atoms with E-state index in [1.165, 1.54) is 0 Å². The van der Waals surface area contributed by atoms with E-state index < -0.39 is 0 Å². The molecule has 3 aromatic rings. The maximum absolute atomic E-state index is 4.50. The van der Waals surface area contributed by atoms with Crippen LogP contribution in [0.1, 0.15) is 6.92 Å². The zero-order chi connectivity index (χ0) is 12.5. The lowest BCUT2D eigenvalue weighted by atomic mass is 10.2. The van der Waals surface area contributed by atoms with Crippen LogP contribution in [0.25, 0.3) is 21.7 Å². The molecule has 0 unspecified atom stereocenters. The standard InChI is InChI=1S/C11H12N6S/c1-3-17-9(13-6-14-17)8-7-4-5-18-10(7)16-11(12-2)15-8/h4-6H,3H2,1-2H3,(H,12,15,16). The van der Waals surface area contributed by atoms with Crippen molar-refractivity contribution in [3.8, 4) is 11.5 Å². The van der Waals surface area contributed by atoms with Gasteiger partial charge in [-0.1, -0.05) is 0 Å². The van der Waals surface area contributed by atoms with Gasteiger partial charge in [0.05, 0.1) is 0 Å². The molecule has 6 nitrogen and oxygen atoms in total. The van der Waals surface area contributed by atoms with Crippen LogP contribution in [-0.2, 0) is 6.54 Å². The summed E-state index contributed by atoms with van der Waals surface area (Å²) in [5.41, 5.74) is 0.824. The molecule has 0 aliphatic heterocycles. The third-order valence-corrected chi connectivity index (χ3v) is 3.48. The van der Waals surface area contributed by atoms with Crippen LogP contribution in [0.3, 0.4) is 0 Å². The van der Waals surface area contributed by atoms with Crippen LogP contribution >= 0.6 is 11.3 Å². The van der Waals surface area contributed by atoms with Gasteiger partial charge in [0.2, 0.25) is 5.95 Å². The molecule has 0 saturated carbocycles. The first-order valence-corrected chi connectivity index (χ1v) is 6.52. The van der Waals surface area contributed by atoms with Crippen LogP contribution in [0, 0.1) is 0 Å². The molecule has 0 bridgehead atoms. The largest absolute Gasteiger partial charge is 0.357 e. The fourth-order valence-electron chi connectivity index (χ4n) is 1.82. The van der Waals surface area contributed by atoms with Crippen molar-refractivity contribution >= 4 is 27.5 Å². The Bertz CT molecular complexity index is 686. The molecule has 0 aliphatic rings. The van der Waals surface area contributed by atoms with Crippen LogP contribution in [0.2, 0.25) is 0 Å². The van der Waals surface area contributed by atoms with E-state index in [0.29, 0.717) is 5.95 Å². The van der Waals surface area contributed by atoms with Gasteiger partial charge >= 0.3 is 0 Å². The molecular formula is C11H12N6S. The quantitative estimate of drug-likeness (QED) is 0.780. The third kappa shape index (κ3) is 1.63. The van der Waals surface area contributed by atoms with Gasteiger partial charge in [-0.25, -0.2) is 19.6 Å². The second-order valence-corrected chi connectivity index (χ2v) is 4.58. The Morgan fingerprint density at radius 1 is 1.39 bits per heavy atom. The van der Waals surface area contributed by atoms with Crippen molar-refractivity contribution in [1.82, 2.24) is 24.7 Å².